The Morgan fingerprint density at radius 3 is 3.00 bits per heavy atom. The van der Waals surface area contributed by atoms with Gasteiger partial charge in [-0.25, -0.2) is 0 Å². The van der Waals surface area contributed by atoms with Crippen LogP contribution in [0.2, 0.25) is 0 Å². The first kappa shape index (κ1) is 14.1. The van der Waals surface area contributed by atoms with Crippen LogP contribution in [-0.4, -0.2) is 15.4 Å². The maximum Gasteiger partial charge on any atom is 0.243 e. The van der Waals surface area contributed by atoms with E-state index in [1.807, 2.05) is 29.8 Å². The van der Waals surface area contributed by atoms with Crippen molar-refractivity contribution < 1.29 is 4.74 Å². The van der Waals surface area contributed by atoms with Gasteiger partial charge in [-0.05, 0) is 24.6 Å². The molecule has 0 atom stereocenters. The van der Waals surface area contributed by atoms with Gasteiger partial charge in [0.2, 0.25) is 5.88 Å². The van der Waals surface area contributed by atoms with Gasteiger partial charge in [0.1, 0.15) is 11.4 Å². The number of aromatic nitrogens is 2. The third-order valence-electron chi connectivity index (χ3n) is 3.21. The molecule has 21 heavy (non-hydrogen) atoms. The molecule has 1 N–H and O–H groups in total. The fraction of sp³-hybridized carbons (Fsp3) is 0.312. The number of rotatable bonds is 5. The summed E-state index contributed by atoms with van der Waals surface area (Å²) in [4.78, 5) is 5.55. The van der Waals surface area contributed by atoms with E-state index in [4.69, 9.17) is 4.74 Å². The third kappa shape index (κ3) is 3.09. The highest BCUT2D eigenvalue weighted by atomic mass is 32.1. The molecule has 0 aliphatic heterocycles. The number of aryl methyl sites for hydroxylation is 1. The molecule has 0 aliphatic carbocycles. The molecule has 0 amide bonds. The van der Waals surface area contributed by atoms with Gasteiger partial charge in [-0.1, -0.05) is 26.0 Å². The van der Waals surface area contributed by atoms with Crippen LogP contribution < -0.4 is 10.1 Å². The molecule has 0 radical (unpaired) electrons. The largest absolute Gasteiger partial charge is 0.437 e. The van der Waals surface area contributed by atoms with Crippen molar-refractivity contribution in [3.8, 4) is 11.6 Å². The van der Waals surface area contributed by atoms with E-state index in [9.17, 15) is 0 Å². The average molecular weight is 301 g/mol. The molecule has 0 saturated heterocycles. The first-order chi connectivity index (χ1) is 10.1. The van der Waals surface area contributed by atoms with E-state index in [-0.39, 0.29) is 0 Å². The first-order valence-electron chi connectivity index (χ1n) is 7.06. The number of hydrogen-bond acceptors (Lipinski definition) is 4. The van der Waals surface area contributed by atoms with E-state index < -0.39 is 0 Å². The second-order valence-corrected chi connectivity index (χ2v) is 6.25. The Morgan fingerprint density at radius 2 is 2.24 bits per heavy atom. The summed E-state index contributed by atoms with van der Waals surface area (Å²) in [6, 6.07) is 8.45. The Labute approximate surface area is 128 Å². The number of hydrogen-bond donors (Lipinski definition) is 1. The standard InChI is InChI=1S/C16H19N3OS/c1-11(2)17-10-14-15(18-16-19(14)7-8-21-16)20-13-6-4-5-12(3)9-13/h4-9,11,17H,10H2,1-3H3. The molecule has 3 rings (SSSR count). The van der Waals surface area contributed by atoms with Crippen LogP contribution >= 0.6 is 11.3 Å². The van der Waals surface area contributed by atoms with Crippen molar-refractivity contribution in [3.63, 3.8) is 0 Å². The lowest BCUT2D eigenvalue weighted by Crippen LogP contribution is -2.22. The van der Waals surface area contributed by atoms with Crippen LogP contribution in [-0.2, 0) is 6.54 Å². The normalized spacial score (nSPS) is 11.4. The second kappa shape index (κ2) is 5.87. The van der Waals surface area contributed by atoms with E-state index in [2.05, 4.69) is 41.5 Å². The molecule has 0 unspecified atom stereocenters. The summed E-state index contributed by atoms with van der Waals surface area (Å²) in [5.41, 5.74) is 2.23. The number of imidazole rings is 1. The summed E-state index contributed by atoms with van der Waals surface area (Å²) in [5, 5.41) is 5.47. The summed E-state index contributed by atoms with van der Waals surface area (Å²) in [5.74, 6) is 1.51. The Bertz CT molecular complexity index is 745. The Morgan fingerprint density at radius 1 is 1.38 bits per heavy atom. The highest BCUT2D eigenvalue weighted by molar-refractivity contribution is 7.15. The number of nitrogens with zero attached hydrogens (tertiary/aromatic N) is 2. The highest BCUT2D eigenvalue weighted by Crippen LogP contribution is 2.28. The predicted molar refractivity (Wildman–Crippen MR) is 86.3 cm³/mol. The van der Waals surface area contributed by atoms with E-state index in [1.165, 1.54) is 5.56 Å². The number of fused-ring (bicyclic) bond motifs is 1. The van der Waals surface area contributed by atoms with Gasteiger partial charge in [0.15, 0.2) is 4.96 Å². The zero-order valence-electron chi connectivity index (χ0n) is 12.5. The van der Waals surface area contributed by atoms with Crippen LogP contribution in [0.5, 0.6) is 11.6 Å². The van der Waals surface area contributed by atoms with Gasteiger partial charge >= 0.3 is 0 Å². The Hall–Kier alpha value is -1.85. The topological polar surface area (TPSA) is 38.6 Å². The van der Waals surface area contributed by atoms with Crippen molar-refractivity contribution in [2.24, 2.45) is 0 Å². The minimum atomic E-state index is 0.418. The molecule has 110 valence electrons. The smallest absolute Gasteiger partial charge is 0.243 e. The van der Waals surface area contributed by atoms with Gasteiger partial charge in [-0.2, -0.15) is 4.98 Å². The van der Waals surface area contributed by atoms with Crippen LogP contribution in [0, 0.1) is 6.92 Å². The zero-order valence-corrected chi connectivity index (χ0v) is 13.3. The third-order valence-corrected chi connectivity index (χ3v) is 3.96. The molecule has 0 bridgehead atoms. The highest BCUT2D eigenvalue weighted by Gasteiger charge is 2.15. The van der Waals surface area contributed by atoms with Gasteiger partial charge in [-0.15, -0.1) is 11.3 Å². The minimum absolute atomic E-state index is 0.418. The molecule has 0 saturated carbocycles. The van der Waals surface area contributed by atoms with Crippen LogP contribution in [0.15, 0.2) is 35.8 Å². The second-order valence-electron chi connectivity index (χ2n) is 5.37. The Balaban J connectivity index is 1.93. The molecule has 5 heteroatoms. The van der Waals surface area contributed by atoms with E-state index in [0.717, 1.165) is 22.9 Å². The molecule has 0 spiro atoms. The van der Waals surface area contributed by atoms with Crippen LogP contribution in [0.4, 0.5) is 0 Å². The minimum Gasteiger partial charge on any atom is -0.437 e. The van der Waals surface area contributed by atoms with Crippen LogP contribution in [0.3, 0.4) is 0 Å². The summed E-state index contributed by atoms with van der Waals surface area (Å²) in [6.07, 6.45) is 2.04. The predicted octanol–water partition coefficient (Wildman–Crippen LogP) is 3.99. The number of nitrogens with one attached hydrogen (secondary N) is 1. The van der Waals surface area contributed by atoms with Gasteiger partial charge < -0.3 is 10.1 Å². The van der Waals surface area contributed by atoms with Crippen molar-refractivity contribution in [2.75, 3.05) is 0 Å². The number of ether oxygens (including phenoxy) is 1. The van der Waals surface area contributed by atoms with Crippen molar-refractivity contribution in [3.05, 3.63) is 47.1 Å². The van der Waals surface area contributed by atoms with Gasteiger partial charge in [0.25, 0.3) is 0 Å². The van der Waals surface area contributed by atoms with Crippen molar-refractivity contribution in [2.45, 2.75) is 33.4 Å². The molecule has 0 aliphatic rings. The maximum atomic E-state index is 6.00. The lowest BCUT2D eigenvalue weighted by atomic mass is 10.2. The van der Waals surface area contributed by atoms with Crippen molar-refractivity contribution in [1.82, 2.24) is 14.7 Å². The SMILES string of the molecule is Cc1cccc(Oc2nc3sccn3c2CNC(C)C)c1. The molecular weight excluding hydrogens is 282 g/mol. The number of benzene rings is 1. The lowest BCUT2D eigenvalue weighted by molar-refractivity contribution is 0.452. The lowest BCUT2D eigenvalue weighted by Gasteiger charge is -2.10. The molecule has 2 aromatic heterocycles. The summed E-state index contributed by atoms with van der Waals surface area (Å²) >= 11 is 1.61. The fourth-order valence-corrected chi connectivity index (χ4v) is 2.87. The summed E-state index contributed by atoms with van der Waals surface area (Å²) < 4.78 is 8.09. The Kier molecular flexibility index (Phi) is 3.94. The molecule has 2 heterocycles. The summed E-state index contributed by atoms with van der Waals surface area (Å²) in [6.45, 7) is 7.05. The van der Waals surface area contributed by atoms with E-state index >= 15 is 0 Å². The monoisotopic (exact) mass is 301 g/mol. The fourth-order valence-electron chi connectivity index (χ4n) is 2.15. The zero-order chi connectivity index (χ0) is 14.8. The average Bonchev–Trinajstić information content (AvgIpc) is 2.97. The maximum absolute atomic E-state index is 6.00. The molecule has 0 fully saturated rings. The summed E-state index contributed by atoms with van der Waals surface area (Å²) in [7, 11) is 0. The molecule has 1 aromatic carbocycles. The van der Waals surface area contributed by atoms with E-state index in [0.29, 0.717) is 11.9 Å². The van der Waals surface area contributed by atoms with Gasteiger partial charge in [-0.3, -0.25) is 4.40 Å². The van der Waals surface area contributed by atoms with Gasteiger partial charge in [0, 0.05) is 24.2 Å². The van der Waals surface area contributed by atoms with Crippen molar-refractivity contribution in [1.29, 1.82) is 0 Å². The molecule has 4 nitrogen and oxygen atoms in total. The number of thiazole rings is 1. The molecular formula is C16H19N3OS. The quantitative estimate of drug-likeness (QED) is 0.774. The van der Waals surface area contributed by atoms with Crippen LogP contribution in [0.1, 0.15) is 25.1 Å². The first-order valence-corrected chi connectivity index (χ1v) is 7.94. The van der Waals surface area contributed by atoms with Gasteiger partial charge in [0.05, 0.1) is 0 Å². The van der Waals surface area contributed by atoms with Crippen LogP contribution in [0.25, 0.3) is 4.96 Å². The van der Waals surface area contributed by atoms with E-state index in [1.54, 1.807) is 11.3 Å². The van der Waals surface area contributed by atoms with Crippen molar-refractivity contribution >= 4 is 16.3 Å². The molecule has 3 aromatic rings.